The number of H-pyrrole nitrogens is 1. The number of methoxy groups -OCH3 is 2. The van der Waals surface area contributed by atoms with Crippen molar-refractivity contribution < 1.29 is 9.47 Å². The lowest BCUT2D eigenvalue weighted by Crippen LogP contribution is -2.34. The van der Waals surface area contributed by atoms with Gasteiger partial charge in [-0.1, -0.05) is 13.8 Å². The van der Waals surface area contributed by atoms with E-state index < -0.39 is 0 Å². The average molecular weight is 333 g/mol. The molecule has 24 heavy (non-hydrogen) atoms. The lowest BCUT2D eigenvalue weighted by Gasteiger charge is -2.27. The summed E-state index contributed by atoms with van der Waals surface area (Å²) in [5.74, 6) is 2.30. The van der Waals surface area contributed by atoms with E-state index in [1.165, 1.54) is 0 Å². The highest BCUT2D eigenvalue weighted by Gasteiger charge is 2.15. The van der Waals surface area contributed by atoms with E-state index in [-0.39, 0.29) is 5.56 Å². The average Bonchev–Trinajstić information content (AvgIpc) is 2.52. The Hall–Kier alpha value is -2.08. The first-order valence-corrected chi connectivity index (χ1v) is 8.24. The van der Waals surface area contributed by atoms with Gasteiger partial charge in [-0.2, -0.15) is 0 Å². The van der Waals surface area contributed by atoms with Crippen molar-refractivity contribution in [3.05, 3.63) is 28.3 Å². The van der Waals surface area contributed by atoms with E-state index in [2.05, 4.69) is 42.6 Å². The Bertz CT molecular complexity index is 753. The van der Waals surface area contributed by atoms with Crippen molar-refractivity contribution in [2.75, 3.05) is 20.8 Å². The quantitative estimate of drug-likeness (QED) is 0.844. The summed E-state index contributed by atoms with van der Waals surface area (Å²) in [5.41, 5.74) is 0.448. The summed E-state index contributed by atoms with van der Waals surface area (Å²) in [7, 11) is 3.12. The van der Waals surface area contributed by atoms with Gasteiger partial charge in [-0.3, -0.25) is 9.69 Å². The number of aromatic amines is 1. The van der Waals surface area contributed by atoms with Crippen LogP contribution in [0.3, 0.4) is 0 Å². The fourth-order valence-corrected chi connectivity index (χ4v) is 2.71. The Kier molecular flexibility index (Phi) is 5.83. The van der Waals surface area contributed by atoms with Crippen molar-refractivity contribution >= 4 is 10.9 Å². The number of rotatable bonds is 7. The Morgan fingerprint density at radius 3 is 2.29 bits per heavy atom. The topological polar surface area (TPSA) is 67.5 Å². The molecule has 0 aliphatic carbocycles. The van der Waals surface area contributed by atoms with Crippen LogP contribution in [0.25, 0.3) is 10.9 Å². The molecule has 2 rings (SSSR count). The van der Waals surface area contributed by atoms with E-state index >= 15 is 0 Å². The summed E-state index contributed by atoms with van der Waals surface area (Å²) in [6, 6.07) is 3.78. The van der Waals surface area contributed by atoms with E-state index in [1.807, 2.05) is 0 Å². The number of aromatic nitrogens is 2. The molecule has 0 unspecified atom stereocenters. The molecule has 0 saturated heterocycles. The monoisotopic (exact) mass is 333 g/mol. The van der Waals surface area contributed by atoms with Crippen LogP contribution in [-0.2, 0) is 6.54 Å². The molecule has 0 aliphatic heterocycles. The van der Waals surface area contributed by atoms with Crippen LogP contribution in [0.5, 0.6) is 11.5 Å². The molecule has 1 heterocycles. The minimum atomic E-state index is -0.163. The molecular weight excluding hydrogens is 306 g/mol. The van der Waals surface area contributed by atoms with Crippen LogP contribution in [0.1, 0.15) is 33.5 Å². The maximum atomic E-state index is 12.4. The highest BCUT2D eigenvalue weighted by Crippen LogP contribution is 2.29. The second-order valence-electron chi connectivity index (χ2n) is 6.65. The predicted octanol–water partition coefficient (Wildman–Crippen LogP) is 2.81. The number of nitrogens with zero attached hydrogens (tertiary/aromatic N) is 2. The van der Waals surface area contributed by atoms with Crippen molar-refractivity contribution in [2.24, 2.45) is 5.92 Å². The minimum Gasteiger partial charge on any atom is -0.493 e. The van der Waals surface area contributed by atoms with Crippen molar-refractivity contribution in [3.63, 3.8) is 0 Å². The maximum Gasteiger partial charge on any atom is 0.258 e. The van der Waals surface area contributed by atoms with Gasteiger partial charge in [-0.25, -0.2) is 4.98 Å². The summed E-state index contributed by atoms with van der Waals surface area (Å²) in [6.45, 7) is 10.2. The van der Waals surface area contributed by atoms with Gasteiger partial charge < -0.3 is 14.5 Å². The normalized spacial score (nSPS) is 11.7. The van der Waals surface area contributed by atoms with Gasteiger partial charge in [0.2, 0.25) is 0 Å². The van der Waals surface area contributed by atoms with E-state index in [4.69, 9.17) is 9.47 Å². The number of benzene rings is 1. The van der Waals surface area contributed by atoms with Crippen LogP contribution in [0.4, 0.5) is 0 Å². The molecule has 0 saturated carbocycles. The summed E-state index contributed by atoms with van der Waals surface area (Å²) in [4.78, 5) is 22.2. The van der Waals surface area contributed by atoms with Crippen LogP contribution in [0.15, 0.2) is 16.9 Å². The molecule has 1 aromatic carbocycles. The first-order chi connectivity index (χ1) is 11.3. The first kappa shape index (κ1) is 18.3. The number of ether oxygens (including phenoxy) is 2. The smallest absolute Gasteiger partial charge is 0.258 e. The highest BCUT2D eigenvalue weighted by atomic mass is 16.5. The van der Waals surface area contributed by atoms with Crippen LogP contribution in [0, 0.1) is 5.92 Å². The molecule has 2 aromatic rings. The lowest BCUT2D eigenvalue weighted by atomic mass is 10.1. The van der Waals surface area contributed by atoms with Crippen LogP contribution in [0.2, 0.25) is 0 Å². The largest absolute Gasteiger partial charge is 0.493 e. The second kappa shape index (κ2) is 7.66. The molecule has 0 fully saturated rings. The molecule has 1 aromatic heterocycles. The lowest BCUT2D eigenvalue weighted by molar-refractivity contribution is 0.184. The maximum absolute atomic E-state index is 12.4. The fraction of sp³-hybridized carbons (Fsp3) is 0.556. The van der Waals surface area contributed by atoms with Crippen molar-refractivity contribution in [3.8, 4) is 11.5 Å². The van der Waals surface area contributed by atoms with Gasteiger partial charge in [0.25, 0.3) is 5.56 Å². The zero-order valence-corrected chi connectivity index (χ0v) is 15.3. The minimum absolute atomic E-state index is 0.163. The summed E-state index contributed by atoms with van der Waals surface area (Å²) in [6.07, 6.45) is 0. The third kappa shape index (κ3) is 4.06. The van der Waals surface area contributed by atoms with Gasteiger partial charge in [0.15, 0.2) is 11.5 Å². The molecule has 0 bridgehead atoms. The Morgan fingerprint density at radius 1 is 1.12 bits per heavy atom. The number of nitrogens with one attached hydrogen (secondary N) is 1. The van der Waals surface area contributed by atoms with E-state index in [0.29, 0.717) is 46.7 Å². The van der Waals surface area contributed by atoms with E-state index in [9.17, 15) is 4.79 Å². The third-order valence-electron chi connectivity index (χ3n) is 3.94. The molecule has 0 radical (unpaired) electrons. The van der Waals surface area contributed by atoms with Crippen LogP contribution in [-0.4, -0.2) is 41.7 Å². The Morgan fingerprint density at radius 2 is 1.75 bits per heavy atom. The van der Waals surface area contributed by atoms with Crippen LogP contribution < -0.4 is 15.0 Å². The molecule has 0 spiro atoms. The predicted molar refractivity (Wildman–Crippen MR) is 95.9 cm³/mol. The van der Waals surface area contributed by atoms with Crippen LogP contribution >= 0.6 is 0 Å². The molecule has 0 aliphatic rings. The molecule has 6 heteroatoms. The SMILES string of the molecule is COc1cc2nc(CN(CC(C)C)C(C)C)[nH]c(=O)c2cc1OC. The molecular formula is C18H27N3O3. The van der Waals surface area contributed by atoms with E-state index in [0.717, 1.165) is 6.54 Å². The number of hydrogen-bond acceptors (Lipinski definition) is 5. The Labute approximate surface area is 142 Å². The van der Waals surface area contributed by atoms with Gasteiger partial charge in [-0.05, 0) is 25.8 Å². The molecule has 0 amide bonds. The van der Waals surface area contributed by atoms with Gasteiger partial charge in [0.05, 0.1) is 31.7 Å². The molecule has 132 valence electrons. The molecule has 6 nitrogen and oxygen atoms in total. The highest BCUT2D eigenvalue weighted by molar-refractivity contribution is 5.81. The summed E-state index contributed by atoms with van der Waals surface area (Å²) < 4.78 is 10.6. The summed E-state index contributed by atoms with van der Waals surface area (Å²) >= 11 is 0. The van der Waals surface area contributed by atoms with Crippen molar-refractivity contribution in [1.82, 2.24) is 14.9 Å². The summed E-state index contributed by atoms with van der Waals surface area (Å²) in [5, 5.41) is 0.497. The van der Waals surface area contributed by atoms with Crippen molar-refractivity contribution in [1.29, 1.82) is 0 Å². The van der Waals surface area contributed by atoms with E-state index in [1.54, 1.807) is 26.4 Å². The fourth-order valence-electron chi connectivity index (χ4n) is 2.71. The zero-order valence-electron chi connectivity index (χ0n) is 15.3. The van der Waals surface area contributed by atoms with Gasteiger partial charge >= 0.3 is 0 Å². The van der Waals surface area contributed by atoms with Gasteiger partial charge in [-0.15, -0.1) is 0 Å². The number of fused-ring (bicyclic) bond motifs is 1. The standard InChI is InChI=1S/C18H27N3O3/c1-11(2)9-21(12(3)4)10-17-19-14-8-16(24-6)15(23-5)7-13(14)18(22)20-17/h7-8,11-12H,9-10H2,1-6H3,(H,19,20,22). The van der Waals surface area contributed by atoms with Gasteiger partial charge in [0.1, 0.15) is 5.82 Å². The third-order valence-corrected chi connectivity index (χ3v) is 3.94. The second-order valence-corrected chi connectivity index (χ2v) is 6.65. The first-order valence-electron chi connectivity index (χ1n) is 8.24. The Balaban J connectivity index is 2.44. The zero-order chi connectivity index (χ0) is 17.9. The molecule has 1 N–H and O–H groups in total. The molecule has 0 atom stereocenters. The number of hydrogen-bond donors (Lipinski definition) is 1. The van der Waals surface area contributed by atoms with Crippen molar-refractivity contribution in [2.45, 2.75) is 40.3 Å². The van der Waals surface area contributed by atoms with Gasteiger partial charge in [0, 0.05) is 18.7 Å².